The maximum absolute atomic E-state index is 15.6. The molecule has 0 saturated carbocycles. The Balaban J connectivity index is 0.000000238. The topological polar surface area (TPSA) is 128 Å². The van der Waals surface area contributed by atoms with E-state index in [9.17, 15) is 0 Å². The summed E-state index contributed by atoms with van der Waals surface area (Å²) >= 11 is 0. The second-order valence-electron chi connectivity index (χ2n) is 13.0. The fourth-order valence-corrected chi connectivity index (χ4v) is 13.8. The van der Waals surface area contributed by atoms with Crippen LogP contribution in [0.25, 0.3) is 0 Å². The van der Waals surface area contributed by atoms with Crippen LogP contribution in [0.4, 0.5) is 0 Å². The van der Waals surface area contributed by atoms with Crippen molar-refractivity contribution < 1.29 is 61.4 Å². The van der Waals surface area contributed by atoms with Crippen molar-refractivity contribution in [1.82, 2.24) is 0 Å². The van der Waals surface area contributed by atoms with Crippen LogP contribution in [0.1, 0.15) is 0 Å². The molecule has 0 saturated heterocycles. The third kappa shape index (κ3) is 9.22. The van der Waals surface area contributed by atoms with Crippen LogP contribution >= 0.6 is 15.1 Å². The maximum Gasteiger partial charge on any atom is 0.193 e. The van der Waals surface area contributed by atoms with Crippen molar-refractivity contribution >= 4 is 46.9 Å². The summed E-state index contributed by atoms with van der Waals surface area (Å²) in [5, 5.41) is 3.64. The number of methoxy groups -OCH3 is 12. The van der Waals surface area contributed by atoms with Crippen molar-refractivity contribution in [1.29, 1.82) is 0 Å². The van der Waals surface area contributed by atoms with Gasteiger partial charge in [0.05, 0.1) is 101 Å². The molecule has 334 valence electrons. The van der Waals surface area contributed by atoms with Gasteiger partial charge in [0.15, 0.2) is 7.14 Å². The van der Waals surface area contributed by atoms with Crippen molar-refractivity contribution in [2.24, 2.45) is 0 Å². The van der Waals surface area contributed by atoms with Gasteiger partial charge in [0.25, 0.3) is 0 Å². The van der Waals surface area contributed by atoms with Crippen LogP contribution in [0.15, 0.2) is 109 Å². The van der Waals surface area contributed by atoms with E-state index in [0.717, 1.165) is 15.9 Å². The highest BCUT2D eigenvalue weighted by Crippen LogP contribution is 2.56. The molecule has 6 rings (SSSR count). The smallest absolute Gasteiger partial charge is 0.193 e. The molecular weight excluding hydrogens is 846 g/mol. The molecule has 6 aromatic carbocycles. The lowest BCUT2D eigenvalue weighted by Crippen LogP contribution is -2.31. The number of benzene rings is 6. The minimum atomic E-state index is -3.85. The Morgan fingerprint density at radius 3 is 0.556 bits per heavy atom. The average Bonchev–Trinajstić information content (AvgIpc) is 3.35. The lowest BCUT2D eigenvalue weighted by molar-refractivity contribution is 0.395. The predicted molar refractivity (Wildman–Crippen MR) is 250 cm³/mol. The van der Waals surface area contributed by atoms with Crippen molar-refractivity contribution in [2.45, 2.75) is 0 Å². The molecule has 13 nitrogen and oxygen atoms in total. The lowest BCUT2D eigenvalue weighted by Gasteiger charge is -2.28. The van der Waals surface area contributed by atoms with E-state index in [4.69, 9.17) is 56.8 Å². The maximum atomic E-state index is 15.6. The van der Waals surface area contributed by atoms with E-state index in [1.54, 1.807) is 97.3 Å². The van der Waals surface area contributed by atoms with Crippen LogP contribution < -0.4 is 88.7 Å². The van der Waals surface area contributed by atoms with Crippen molar-refractivity contribution in [3.63, 3.8) is 0 Å². The van der Waals surface area contributed by atoms with Gasteiger partial charge in [-0.3, -0.25) is 0 Å². The van der Waals surface area contributed by atoms with E-state index in [0.29, 0.717) is 84.9 Å². The Hall–Kier alpha value is -6.42. The molecule has 15 heteroatoms. The first-order chi connectivity index (χ1) is 30.6. The third-order valence-electron chi connectivity index (χ3n) is 10.0. The zero-order valence-electron chi connectivity index (χ0n) is 37.6. The first-order valence-electron chi connectivity index (χ1n) is 19.3. The summed E-state index contributed by atoms with van der Waals surface area (Å²) in [5.41, 5.74) is 0. The molecule has 0 unspecified atom stereocenters. The van der Waals surface area contributed by atoms with E-state index in [-0.39, 0.29) is 0 Å². The molecule has 0 atom stereocenters. The summed E-state index contributed by atoms with van der Waals surface area (Å²) in [4.78, 5) is 0. The molecule has 0 aliphatic rings. The molecule has 0 aliphatic heterocycles. The van der Waals surface area contributed by atoms with E-state index >= 15 is 4.57 Å². The number of hydrogen-bond donors (Lipinski definition) is 0. The fraction of sp³-hybridized carbons (Fsp3) is 0.250. The fourth-order valence-electron chi connectivity index (χ4n) is 7.25. The second-order valence-corrected chi connectivity index (χ2v) is 17.6. The molecule has 0 bridgehead atoms. The van der Waals surface area contributed by atoms with Gasteiger partial charge in [0.2, 0.25) is 0 Å². The molecule has 0 N–H and O–H groups in total. The normalized spacial score (nSPS) is 10.7. The lowest BCUT2D eigenvalue weighted by atomic mass is 10.3. The first kappa shape index (κ1) is 47.6. The number of ether oxygens (including phenoxy) is 12. The minimum Gasteiger partial charge on any atom is -0.496 e. The Kier molecular flexibility index (Phi) is 16.7. The highest BCUT2D eigenvalue weighted by molar-refractivity contribution is 7.86. The Labute approximate surface area is 370 Å². The molecule has 0 radical (unpaired) electrons. The van der Waals surface area contributed by atoms with Crippen molar-refractivity contribution in [3.05, 3.63) is 109 Å². The van der Waals surface area contributed by atoms with Gasteiger partial charge >= 0.3 is 0 Å². The van der Waals surface area contributed by atoms with Gasteiger partial charge in [0.1, 0.15) is 84.9 Å². The van der Waals surface area contributed by atoms with Crippen LogP contribution in [-0.2, 0) is 4.57 Å². The van der Waals surface area contributed by atoms with Gasteiger partial charge in [-0.25, -0.2) is 0 Å². The highest BCUT2D eigenvalue weighted by Gasteiger charge is 2.45. The van der Waals surface area contributed by atoms with Gasteiger partial charge in [-0.1, -0.05) is 36.4 Å². The van der Waals surface area contributed by atoms with E-state index in [1.165, 1.54) is 42.7 Å². The summed E-state index contributed by atoms with van der Waals surface area (Å²) in [7, 11) is 13.7. The van der Waals surface area contributed by atoms with Gasteiger partial charge in [-0.05, 0) is 72.8 Å². The molecule has 0 aliphatic carbocycles. The van der Waals surface area contributed by atoms with Gasteiger partial charge < -0.3 is 61.4 Å². The molecule has 0 heterocycles. The summed E-state index contributed by atoms with van der Waals surface area (Å²) in [6, 6.07) is 32.9. The average molecular weight is 901 g/mol. The molecule has 6 aromatic rings. The first-order valence-corrected chi connectivity index (χ1v) is 22.4. The standard InChI is InChI=1S/C24H27O7P.C24H27O6P/c1-26-16-10-7-11-17(27-2)22(16)32(25,23-18(28-3)12-8-13-19(23)29-4)24-20(30-5)14-9-15-21(24)31-6;1-25-16-10-7-11-17(26-2)22(16)31(23-18(27-3)12-8-13-19(23)28-4)24-20(29-5)14-9-15-21(24)30-6/h7-15H,1-6H3;7-15H,1-6H3. The van der Waals surface area contributed by atoms with Crippen LogP contribution in [0.2, 0.25) is 0 Å². The molecular formula is C48H54O13P2. The van der Waals surface area contributed by atoms with Crippen molar-refractivity contribution in [3.8, 4) is 69.0 Å². The Bertz CT molecular complexity index is 2120. The van der Waals surface area contributed by atoms with Crippen LogP contribution in [0.5, 0.6) is 69.0 Å². The Morgan fingerprint density at radius 1 is 0.270 bits per heavy atom. The van der Waals surface area contributed by atoms with Crippen LogP contribution in [-0.4, -0.2) is 85.3 Å². The molecule has 63 heavy (non-hydrogen) atoms. The third-order valence-corrected chi connectivity index (χ3v) is 15.9. The van der Waals surface area contributed by atoms with Gasteiger partial charge in [0, 0.05) is 7.92 Å². The SMILES string of the molecule is COc1cccc(OC)c1P(=O)(c1c(OC)cccc1OC)c1c(OC)cccc1OC.COc1cccc(OC)c1P(c1c(OC)cccc1OC)c1c(OC)cccc1OC. The van der Waals surface area contributed by atoms with E-state index < -0.39 is 15.1 Å². The largest absolute Gasteiger partial charge is 0.496 e. The van der Waals surface area contributed by atoms with Gasteiger partial charge in [-0.15, -0.1) is 0 Å². The summed E-state index contributed by atoms with van der Waals surface area (Å²) in [6.45, 7) is 0. The summed E-state index contributed by atoms with van der Waals surface area (Å²) in [6.07, 6.45) is 0. The quantitative estimate of drug-likeness (QED) is 0.0834. The molecule has 0 fully saturated rings. The Morgan fingerprint density at radius 2 is 0.413 bits per heavy atom. The highest BCUT2D eigenvalue weighted by atomic mass is 31.2. The monoisotopic (exact) mass is 900 g/mol. The predicted octanol–water partition coefficient (Wildman–Crippen LogP) is 6.87. The minimum absolute atomic E-state index is 0.343. The number of hydrogen-bond acceptors (Lipinski definition) is 13. The zero-order chi connectivity index (χ0) is 45.7. The molecule has 0 amide bonds. The zero-order valence-corrected chi connectivity index (χ0v) is 39.4. The summed E-state index contributed by atoms with van der Waals surface area (Å²) < 4.78 is 84.2. The number of rotatable bonds is 18. The molecule has 0 spiro atoms. The van der Waals surface area contributed by atoms with E-state index in [1.807, 2.05) is 54.6 Å². The van der Waals surface area contributed by atoms with Crippen LogP contribution in [0.3, 0.4) is 0 Å². The molecule has 0 aromatic heterocycles. The van der Waals surface area contributed by atoms with E-state index in [2.05, 4.69) is 0 Å². The summed E-state index contributed by atoms with van der Waals surface area (Å²) in [5.74, 6) is 6.42. The van der Waals surface area contributed by atoms with Gasteiger partial charge in [-0.2, -0.15) is 0 Å². The van der Waals surface area contributed by atoms with Crippen LogP contribution in [0, 0.1) is 0 Å². The second kappa shape index (κ2) is 22.1. The van der Waals surface area contributed by atoms with Crippen molar-refractivity contribution in [2.75, 3.05) is 85.3 Å².